The maximum atomic E-state index is 2.31. The molecular formula is C14H26. The largest absolute Gasteiger partial charge is 0.0654 e. The zero-order chi connectivity index (χ0) is 9.86. The van der Waals surface area contributed by atoms with Gasteiger partial charge in [0.15, 0.2) is 0 Å². The van der Waals surface area contributed by atoms with Crippen molar-refractivity contribution < 1.29 is 0 Å². The highest BCUT2D eigenvalue weighted by atomic mass is 14.5. The Balaban J connectivity index is 1.71. The molecule has 82 valence electrons. The van der Waals surface area contributed by atoms with Gasteiger partial charge in [0, 0.05) is 0 Å². The molecule has 0 heterocycles. The van der Waals surface area contributed by atoms with Crippen molar-refractivity contribution in [2.75, 3.05) is 0 Å². The second-order valence-corrected chi connectivity index (χ2v) is 5.81. The molecule has 0 N–H and O–H groups in total. The standard InChI is InChI=1S/C14H26/c1-2-3-4-7-13-8-11-14(12-13)9-5-6-10-14/h13H,2-12H2,1H3. The molecule has 0 aromatic rings. The first-order valence-corrected chi connectivity index (χ1v) is 6.85. The number of hydrogen-bond acceptors (Lipinski definition) is 0. The van der Waals surface area contributed by atoms with Crippen LogP contribution in [0.1, 0.15) is 77.6 Å². The minimum Gasteiger partial charge on any atom is -0.0654 e. The van der Waals surface area contributed by atoms with E-state index in [2.05, 4.69) is 6.92 Å². The van der Waals surface area contributed by atoms with Gasteiger partial charge in [-0.25, -0.2) is 0 Å². The highest BCUT2D eigenvalue weighted by Crippen LogP contribution is 2.53. The molecule has 2 aliphatic rings. The fourth-order valence-corrected chi connectivity index (χ4v) is 3.84. The van der Waals surface area contributed by atoms with Crippen LogP contribution in [0.2, 0.25) is 0 Å². The molecule has 0 aromatic carbocycles. The monoisotopic (exact) mass is 194 g/mol. The third kappa shape index (κ3) is 2.32. The molecule has 2 fully saturated rings. The smallest absolute Gasteiger partial charge is 0.0295 e. The van der Waals surface area contributed by atoms with Gasteiger partial charge in [-0.1, -0.05) is 45.4 Å². The van der Waals surface area contributed by atoms with Crippen LogP contribution >= 0.6 is 0 Å². The maximum Gasteiger partial charge on any atom is -0.0295 e. The summed E-state index contributed by atoms with van der Waals surface area (Å²) < 4.78 is 0. The Kier molecular flexibility index (Phi) is 3.52. The summed E-state index contributed by atoms with van der Waals surface area (Å²) in [6.45, 7) is 2.31. The van der Waals surface area contributed by atoms with Gasteiger partial charge in [-0.3, -0.25) is 0 Å². The Hall–Kier alpha value is 0. The first-order chi connectivity index (χ1) is 6.85. The summed E-state index contributed by atoms with van der Waals surface area (Å²) in [6.07, 6.45) is 16.8. The van der Waals surface area contributed by atoms with Crippen LogP contribution in [0.3, 0.4) is 0 Å². The average molecular weight is 194 g/mol. The molecule has 1 atom stereocenters. The van der Waals surface area contributed by atoms with Gasteiger partial charge >= 0.3 is 0 Å². The molecule has 0 amide bonds. The second-order valence-electron chi connectivity index (χ2n) is 5.81. The van der Waals surface area contributed by atoms with Gasteiger partial charge in [0.05, 0.1) is 0 Å². The quantitative estimate of drug-likeness (QED) is 0.557. The lowest BCUT2D eigenvalue weighted by Gasteiger charge is -2.22. The van der Waals surface area contributed by atoms with E-state index < -0.39 is 0 Å². The number of unbranched alkanes of at least 4 members (excludes halogenated alkanes) is 2. The molecule has 0 bridgehead atoms. The zero-order valence-corrected chi connectivity index (χ0v) is 9.86. The van der Waals surface area contributed by atoms with Gasteiger partial charge in [0.1, 0.15) is 0 Å². The molecule has 0 radical (unpaired) electrons. The summed E-state index contributed by atoms with van der Waals surface area (Å²) in [5.74, 6) is 1.11. The summed E-state index contributed by atoms with van der Waals surface area (Å²) >= 11 is 0. The Labute approximate surface area is 89.5 Å². The van der Waals surface area contributed by atoms with Crippen LogP contribution < -0.4 is 0 Å². The van der Waals surface area contributed by atoms with Crippen LogP contribution in [-0.4, -0.2) is 0 Å². The van der Waals surface area contributed by atoms with Crippen LogP contribution in [0.5, 0.6) is 0 Å². The summed E-state index contributed by atoms with van der Waals surface area (Å²) in [6, 6.07) is 0. The molecule has 2 saturated carbocycles. The van der Waals surface area contributed by atoms with E-state index in [4.69, 9.17) is 0 Å². The van der Waals surface area contributed by atoms with Gasteiger partial charge in [-0.2, -0.15) is 0 Å². The molecule has 0 heteroatoms. The highest BCUT2D eigenvalue weighted by Gasteiger charge is 2.40. The summed E-state index contributed by atoms with van der Waals surface area (Å²) in [4.78, 5) is 0. The molecule has 2 rings (SSSR count). The third-order valence-corrected chi connectivity index (χ3v) is 4.68. The predicted octanol–water partition coefficient (Wildman–Crippen LogP) is 4.93. The summed E-state index contributed by atoms with van der Waals surface area (Å²) in [5, 5.41) is 0. The van der Waals surface area contributed by atoms with E-state index in [1.54, 1.807) is 32.1 Å². The lowest BCUT2D eigenvalue weighted by atomic mass is 9.83. The Bertz CT molecular complexity index is 165. The van der Waals surface area contributed by atoms with Crippen LogP contribution in [0, 0.1) is 11.3 Å². The van der Waals surface area contributed by atoms with Crippen molar-refractivity contribution in [3.8, 4) is 0 Å². The molecular weight excluding hydrogens is 168 g/mol. The van der Waals surface area contributed by atoms with Crippen molar-refractivity contribution in [3.05, 3.63) is 0 Å². The predicted molar refractivity (Wildman–Crippen MR) is 62.4 cm³/mol. The van der Waals surface area contributed by atoms with Gasteiger partial charge in [-0.15, -0.1) is 0 Å². The van der Waals surface area contributed by atoms with Crippen LogP contribution in [0.15, 0.2) is 0 Å². The van der Waals surface area contributed by atoms with Crippen molar-refractivity contribution in [1.29, 1.82) is 0 Å². The van der Waals surface area contributed by atoms with E-state index in [-0.39, 0.29) is 0 Å². The molecule has 0 nitrogen and oxygen atoms in total. The van der Waals surface area contributed by atoms with Crippen molar-refractivity contribution >= 4 is 0 Å². The van der Waals surface area contributed by atoms with Gasteiger partial charge in [-0.05, 0) is 43.4 Å². The van der Waals surface area contributed by atoms with Crippen LogP contribution in [-0.2, 0) is 0 Å². The Morgan fingerprint density at radius 1 is 1.07 bits per heavy atom. The Morgan fingerprint density at radius 2 is 1.86 bits per heavy atom. The van der Waals surface area contributed by atoms with Crippen molar-refractivity contribution in [3.63, 3.8) is 0 Å². The molecule has 0 aliphatic heterocycles. The first kappa shape index (κ1) is 10.5. The van der Waals surface area contributed by atoms with Gasteiger partial charge in [0.25, 0.3) is 0 Å². The number of rotatable bonds is 4. The maximum absolute atomic E-state index is 2.31. The van der Waals surface area contributed by atoms with Gasteiger partial charge in [0.2, 0.25) is 0 Å². The summed E-state index contributed by atoms with van der Waals surface area (Å²) in [7, 11) is 0. The van der Waals surface area contributed by atoms with E-state index >= 15 is 0 Å². The summed E-state index contributed by atoms with van der Waals surface area (Å²) in [5.41, 5.74) is 0.858. The zero-order valence-electron chi connectivity index (χ0n) is 9.86. The van der Waals surface area contributed by atoms with E-state index in [1.807, 2.05) is 0 Å². The van der Waals surface area contributed by atoms with Crippen molar-refractivity contribution in [2.24, 2.45) is 11.3 Å². The molecule has 0 saturated heterocycles. The SMILES string of the molecule is CCCCCC1CCC2(CCCC2)C1. The van der Waals surface area contributed by atoms with E-state index in [0.29, 0.717) is 0 Å². The minimum absolute atomic E-state index is 0.858. The molecule has 0 aromatic heterocycles. The van der Waals surface area contributed by atoms with E-state index in [9.17, 15) is 0 Å². The first-order valence-electron chi connectivity index (χ1n) is 6.85. The van der Waals surface area contributed by atoms with Crippen molar-refractivity contribution in [2.45, 2.75) is 77.6 Å². The van der Waals surface area contributed by atoms with Gasteiger partial charge < -0.3 is 0 Å². The van der Waals surface area contributed by atoms with E-state index in [1.165, 1.54) is 38.5 Å². The molecule has 1 unspecified atom stereocenters. The topological polar surface area (TPSA) is 0 Å². The van der Waals surface area contributed by atoms with Crippen LogP contribution in [0.25, 0.3) is 0 Å². The van der Waals surface area contributed by atoms with Crippen LogP contribution in [0.4, 0.5) is 0 Å². The van der Waals surface area contributed by atoms with Crippen molar-refractivity contribution in [1.82, 2.24) is 0 Å². The molecule has 2 aliphatic carbocycles. The molecule has 14 heavy (non-hydrogen) atoms. The fraction of sp³-hybridized carbons (Fsp3) is 1.00. The normalized spacial score (nSPS) is 30.2. The Morgan fingerprint density at radius 3 is 2.57 bits per heavy atom. The third-order valence-electron chi connectivity index (χ3n) is 4.68. The average Bonchev–Trinajstić information content (AvgIpc) is 2.79. The number of hydrogen-bond donors (Lipinski definition) is 0. The minimum atomic E-state index is 0.858. The lowest BCUT2D eigenvalue weighted by molar-refractivity contribution is 0.289. The van der Waals surface area contributed by atoms with E-state index in [0.717, 1.165) is 11.3 Å². The fourth-order valence-electron chi connectivity index (χ4n) is 3.84. The lowest BCUT2D eigenvalue weighted by Crippen LogP contribution is -2.10. The second kappa shape index (κ2) is 4.68. The molecule has 1 spiro atoms. The highest BCUT2D eigenvalue weighted by molar-refractivity contribution is 4.92.